The van der Waals surface area contributed by atoms with Gasteiger partial charge in [0, 0.05) is 6.20 Å². The zero-order chi connectivity index (χ0) is 31.3. The Balaban J connectivity index is 1.54. The Morgan fingerprint density at radius 1 is 1.05 bits per heavy atom. The second kappa shape index (κ2) is 11.4. The van der Waals surface area contributed by atoms with Crippen molar-refractivity contribution in [3.05, 3.63) is 88.4 Å². The number of hydrogen-bond donors (Lipinski definition) is 1. The first-order chi connectivity index (χ1) is 21.1. The lowest BCUT2D eigenvalue weighted by molar-refractivity contribution is -0.132. The molecule has 6 rings (SSSR count). The minimum absolute atomic E-state index is 0.0647. The van der Waals surface area contributed by atoms with Gasteiger partial charge in [0.2, 0.25) is 0 Å². The summed E-state index contributed by atoms with van der Waals surface area (Å²) in [6.45, 7) is 10.5. The molecule has 5 aromatic rings. The fourth-order valence-corrected chi connectivity index (χ4v) is 6.61. The van der Waals surface area contributed by atoms with Gasteiger partial charge >= 0.3 is 5.91 Å². The number of hydrogen-bond acceptors (Lipinski definition) is 8. The summed E-state index contributed by atoms with van der Waals surface area (Å²) in [7, 11) is 1.55. The quantitative estimate of drug-likeness (QED) is 0.115. The van der Waals surface area contributed by atoms with E-state index in [0.29, 0.717) is 46.1 Å². The Morgan fingerprint density at radius 2 is 1.84 bits per heavy atom. The van der Waals surface area contributed by atoms with Crippen LogP contribution in [0.15, 0.2) is 60.3 Å². The molecule has 0 bridgehead atoms. The maximum absolute atomic E-state index is 13.9. The fourth-order valence-electron chi connectivity index (χ4n) is 5.52. The smallest absolute Gasteiger partial charge is 0.301 e. The maximum atomic E-state index is 13.9. The number of amides is 1. The third kappa shape index (κ3) is 4.98. The van der Waals surface area contributed by atoms with Crippen molar-refractivity contribution in [3.8, 4) is 11.5 Å². The monoisotopic (exact) mass is 610 g/mol. The highest BCUT2D eigenvalue weighted by molar-refractivity contribution is 7.22. The second-order valence-corrected chi connectivity index (χ2v) is 12.5. The van der Waals surface area contributed by atoms with Crippen molar-refractivity contribution in [3.63, 3.8) is 0 Å². The van der Waals surface area contributed by atoms with Crippen molar-refractivity contribution in [2.45, 2.75) is 47.1 Å². The molecule has 1 unspecified atom stereocenters. The van der Waals surface area contributed by atoms with E-state index < -0.39 is 17.7 Å². The van der Waals surface area contributed by atoms with Gasteiger partial charge in [0.25, 0.3) is 5.78 Å². The molecule has 1 aliphatic rings. The molecule has 1 atom stereocenters. The molecule has 3 aromatic heterocycles. The average Bonchev–Trinajstić information content (AvgIpc) is 3.64. The molecule has 10 heteroatoms. The summed E-state index contributed by atoms with van der Waals surface area (Å²) in [5, 5.41) is 12.2. The van der Waals surface area contributed by atoms with E-state index in [9.17, 15) is 14.7 Å². The molecule has 9 nitrogen and oxygen atoms in total. The third-order valence-electron chi connectivity index (χ3n) is 7.95. The molecule has 0 aliphatic carbocycles. The predicted octanol–water partition coefficient (Wildman–Crippen LogP) is 6.93. The molecular formula is C34H34N4O5S. The van der Waals surface area contributed by atoms with Crippen LogP contribution in [0.25, 0.3) is 21.6 Å². The van der Waals surface area contributed by atoms with Crippen molar-refractivity contribution in [1.29, 1.82) is 0 Å². The van der Waals surface area contributed by atoms with Crippen LogP contribution in [0.5, 0.6) is 11.5 Å². The molecule has 1 amide bonds. The molecule has 1 saturated heterocycles. The number of anilines is 1. The Bertz CT molecular complexity index is 1970. The standard InChI is InChI=1S/C34H34N4O5S/c1-18(2)13-15-43-24-12-10-22(17-25(24)42-6)29-27(30(39)28-21(5)37-14-7-8-20(4)32(37)36-28)31(40)33(41)38(29)34-35-23-11-9-19(3)16-26(23)44-34/h7-12,14,16-18,29,39H,13,15H2,1-6H3. The van der Waals surface area contributed by atoms with Crippen LogP contribution in [-0.2, 0) is 9.59 Å². The molecule has 44 heavy (non-hydrogen) atoms. The highest BCUT2D eigenvalue weighted by Gasteiger charge is 2.49. The van der Waals surface area contributed by atoms with Gasteiger partial charge in [-0.15, -0.1) is 0 Å². The van der Waals surface area contributed by atoms with Gasteiger partial charge < -0.3 is 19.0 Å². The van der Waals surface area contributed by atoms with Crippen LogP contribution in [0.1, 0.15) is 54.4 Å². The lowest BCUT2D eigenvalue weighted by atomic mass is 9.96. The number of aryl methyl sites for hydroxylation is 3. The Hall–Kier alpha value is -4.70. The molecule has 1 N–H and O–H groups in total. The molecule has 0 spiro atoms. The van der Waals surface area contributed by atoms with Gasteiger partial charge in [-0.1, -0.05) is 43.4 Å². The van der Waals surface area contributed by atoms with Gasteiger partial charge in [0.05, 0.1) is 41.2 Å². The lowest BCUT2D eigenvalue weighted by Gasteiger charge is -2.24. The summed E-state index contributed by atoms with van der Waals surface area (Å²) in [6, 6.07) is 14.0. The van der Waals surface area contributed by atoms with E-state index in [1.54, 1.807) is 25.3 Å². The van der Waals surface area contributed by atoms with Crippen LogP contribution in [0, 0.1) is 26.7 Å². The maximum Gasteiger partial charge on any atom is 0.301 e. The molecule has 1 fully saturated rings. The van der Waals surface area contributed by atoms with E-state index in [0.717, 1.165) is 27.8 Å². The van der Waals surface area contributed by atoms with Crippen LogP contribution in [0.2, 0.25) is 0 Å². The summed E-state index contributed by atoms with van der Waals surface area (Å²) in [5.74, 6) is -0.449. The number of ketones is 1. The minimum atomic E-state index is -0.986. The number of Topliss-reactive ketones (excluding diaryl/α,β-unsaturated/α-hetero) is 1. The number of ether oxygens (including phenoxy) is 2. The molecule has 1 aliphatic heterocycles. The summed E-state index contributed by atoms with van der Waals surface area (Å²) in [5.41, 5.74) is 4.72. The normalized spacial score (nSPS) is 16.5. The van der Waals surface area contributed by atoms with Crippen LogP contribution in [0.3, 0.4) is 0 Å². The SMILES string of the molecule is COc1cc(C2C(=C(O)c3nc4c(C)cccn4c3C)C(=O)C(=O)N2c2nc3ccc(C)cc3s2)ccc1OCCC(C)C. The van der Waals surface area contributed by atoms with E-state index in [4.69, 9.17) is 19.4 Å². The van der Waals surface area contributed by atoms with Gasteiger partial charge in [0.15, 0.2) is 22.4 Å². The number of aliphatic hydroxyl groups is 1. The molecule has 0 saturated carbocycles. The summed E-state index contributed by atoms with van der Waals surface area (Å²) in [4.78, 5) is 38.5. The third-order valence-corrected chi connectivity index (χ3v) is 8.97. The first-order valence-electron chi connectivity index (χ1n) is 14.5. The number of carbonyl (C=O) groups excluding carboxylic acids is 2. The van der Waals surface area contributed by atoms with E-state index in [1.165, 1.54) is 16.2 Å². The first-order valence-corrected chi connectivity index (χ1v) is 15.3. The number of rotatable bonds is 8. The molecule has 0 radical (unpaired) electrons. The number of fused-ring (bicyclic) bond motifs is 2. The van der Waals surface area contributed by atoms with Crippen molar-refractivity contribution in [1.82, 2.24) is 14.4 Å². The Labute approximate surface area is 259 Å². The first kappa shape index (κ1) is 29.4. The second-order valence-electron chi connectivity index (χ2n) is 11.5. The molecule has 4 heterocycles. The number of aromatic nitrogens is 3. The molecule has 2 aromatic carbocycles. The number of carbonyl (C=O) groups is 2. The summed E-state index contributed by atoms with van der Waals surface area (Å²) in [6.07, 6.45) is 2.73. The largest absolute Gasteiger partial charge is 0.505 e. The fraction of sp³-hybridized carbons (Fsp3) is 0.294. The molecule has 226 valence electrons. The predicted molar refractivity (Wildman–Crippen MR) is 172 cm³/mol. The van der Waals surface area contributed by atoms with E-state index >= 15 is 0 Å². The van der Waals surface area contributed by atoms with E-state index in [-0.39, 0.29) is 17.0 Å². The van der Waals surface area contributed by atoms with Gasteiger partial charge in [-0.3, -0.25) is 14.5 Å². The van der Waals surface area contributed by atoms with Crippen molar-refractivity contribution < 1.29 is 24.2 Å². The van der Waals surface area contributed by atoms with E-state index in [2.05, 4.69) is 13.8 Å². The average molecular weight is 611 g/mol. The van der Waals surface area contributed by atoms with Crippen LogP contribution < -0.4 is 14.4 Å². The van der Waals surface area contributed by atoms with Crippen molar-refractivity contribution in [2.24, 2.45) is 5.92 Å². The number of benzene rings is 2. The van der Waals surface area contributed by atoms with Crippen LogP contribution >= 0.6 is 11.3 Å². The Morgan fingerprint density at radius 3 is 2.57 bits per heavy atom. The number of methoxy groups -OCH3 is 1. The highest BCUT2D eigenvalue weighted by atomic mass is 32.1. The number of imidazole rings is 1. The molecular weight excluding hydrogens is 576 g/mol. The van der Waals surface area contributed by atoms with Gasteiger partial charge in [-0.25, -0.2) is 9.97 Å². The Kier molecular flexibility index (Phi) is 7.63. The lowest BCUT2D eigenvalue weighted by Crippen LogP contribution is -2.29. The topological polar surface area (TPSA) is 106 Å². The van der Waals surface area contributed by atoms with E-state index in [1.807, 2.05) is 61.7 Å². The van der Waals surface area contributed by atoms with Gasteiger partial charge in [-0.2, -0.15) is 0 Å². The summed E-state index contributed by atoms with van der Waals surface area (Å²) >= 11 is 1.32. The highest BCUT2D eigenvalue weighted by Crippen LogP contribution is 2.46. The minimum Gasteiger partial charge on any atom is -0.505 e. The summed E-state index contributed by atoms with van der Waals surface area (Å²) < 4.78 is 14.4. The zero-order valence-electron chi connectivity index (χ0n) is 25.5. The van der Waals surface area contributed by atoms with Gasteiger partial charge in [-0.05, 0) is 80.1 Å². The zero-order valence-corrected chi connectivity index (χ0v) is 26.4. The van der Waals surface area contributed by atoms with Gasteiger partial charge in [0.1, 0.15) is 11.3 Å². The number of pyridine rings is 1. The van der Waals surface area contributed by atoms with Crippen molar-refractivity contribution in [2.75, 3.05) is 18.6 Å². The van der Waals surface area contributed by atoms with Crippen LogP contribution in [-0.4, -0.2) is 44.9 Å². The number of aliphatic hydroxyl groups excluding tert-OH is 1. The number of nitrogens with zero attached hydrogens (tertiary/aromatic N) is 4. The van der Waals surface area contributed by atoms with Crippen molar-refractivity contribution >= 4 is 49.8 Å². The van der Waals surface area contributed by atoms with Crippen LogP contribution in [0.4, 0.5) is 5.13 Å². The number of thiazole rings is 1.